The van der Waals surface area contributed by atoms with Crippen molar-refractivity contribution in [3.8, 4) is 0 Å². The predicted molar refractivity (Wildman–Crippen MR) is 80.3 cm³/mol. The Morgan fingerprint density at radius 1 is 1.16 bits per heavy atom. The number of benzene rings is 1. The van der Waals surface area contributed by atoms with Crippen LogP contribution in [0.3, 0.4) is 0 Å². The summed E-state index contributed by atoms with van der Waals surface area (Å²) in [6, 6.07) is 7.16. The van der Waals surface area contributed by atoms with E-state index in [-0.39, 0.29) is 9.53 Å². The van der Waals surface area contributed by atoms with Crippen LogP contribution in [0.4, 0.5) is 0 Å². The second-order valence-corrected chi connectivity index (χ2v) is 6.89. The number of fused-ring (bicyclic) bond motifs is 2. The number of ketones is 2. The molecule has 0 radical (unpaired) electrons. The number of alkyl halides is 1. The Hall–Kier alpha value is -1.17. The van der Waals surface area contributed by atoms with Crippen molar-refractivity contribution in [1.82, 2.24) is 0 Å². The van der Waals surface area contributed by atoms with Gasteiger partial charge in [0, 0.05) is 16.7 Å². The Kier molecular flexibility index (Phi) is 2.81. The van der Waals surface area contributed by atoms with Gasteiger partial charge in [0.25, 0.3) is 0 Å². The molecule has 1 atom stereocenters. The van der Waals surface area contributed by atoms with Crippen molar-refractivity contribution in [2.75, 3.05) is 0 Å². The summed E-state index contributed by atoms with van der Waals surface area (Å²) in [5, 5.41) is 0. The molecule has 0 saturated heterocycles. The van der Waals surface area contributed by atoms with E-state index in [2.05, 4.69) is 22.6 Å². The SMILES string of the molecule is CC1(C)OC2=C(CC1I)C(=O)C(=O)c1ccccc12. The average Bonchev–Trinajstić information content (AvgIpc) is 2.38. The van der Waals surface area contributed by atoms with Gasteiger partial charge in [-0.05, 0) is 20.3 Å². The second kappa shape index (κ2) is 4.16. The molecule has 19 heavy (non-hydrogen) atoms. The van der Waals surface area contributed by atoms with Crippen LogP contribution in [-0.2, 0) is 9.53 Å². The van der Waals surface area contributed by atoms with Gasteiger partial charge in [-0.25, -0.2) is 0 Å². The Labute approximate surface area is 125 Å². The minimum Gasteiger partial charge on any atom is -0.486 e. The molecule has 1 heterocycles. The maximum atomic E-state index is 12.2. The van der Waals surface area contributed by atoms with Gasteiger partial charge in [0.15, 0.2) is 0 Å². The number of halogens is 1. The summed E-state index contributed by atoms with van der Waals surface area (Å²) >= 11 is 2.28. The summed E-state index contributed by atoms with van der Waals surface area (Å²) < 4.78 is 6.21. The molecular formula is C15H13IO3. The summed E-state index contributed by atoms with van der Waals surface area (Å²) in [6.45, 7) is 4.02. The molecule has 1 aliphatic heterocycles. The number of ether oxygens (including phenoxy) is 1. The van der Waals surface area contributed by atoms with Crippen molar-refractivity contribution < 1.29 is 14.3 Å². The summed E-state index contributed by atoms with van der Waals surface area (Å²) in [6.07, 6.45) is 0.585. The van der Waals surface area contributed by atoms with Crippen LogP contribution in [0, 0.1) is 0 Å². The maximum absolute atomic E-state index is 12.2. The first-order valence-electron chi connectivity index (χ1n) is 6.16. The van der Waals surface area contributed by atoms with Gasteiger partial charge in [-0.15, -0.1) is 0 Å². The van der Waals surface area contributed by atoms with Crippen LogP contribution in [0.15, 0.2) is 29.8 Å². The third-order valence-electron chi connectivity index (χ3n) is 3.67. The number of carbonyl (C=O) groups is 2. The molecule has 2 aliphatic rings. The molecule has 98 valence electrons. The normalized spacial score (nSPS) is 24.7. The number of carbonyl (C=O) groups excluding carboxylic acids is 2. The molecule has 1 aliphatic carbocycles. The molecular weight excluding hydrogens is 355 g/mol. The highest BCUT2D eigenvalue weighted by atomic mass is 127. The van der Waals surface area contributed by atoms with Gasteiger partial charge in [-0.1, -0.05) is 46.9 Å². The van der Waals surface area contributed by atoms with Crippen LogP contribution in [0.5, 0.6) is 0 Å². The minimum atomic E-state index is -0.416. The number of hydrogen-bond acceptors (Lipinski definition) is 3. The van der Waals surface area contributed by atoms with Crippen LogP contribution in [0.2, 0.25) is 0 Å². The topological polar surface area (TPSA) is 43.4 Å². The van der Waals surface area contributed by atoms with E-state index in [4.69, 9.17) is 4.74 Å². The third kappa shape index (κ3) is 1.84. The van der Waals surface area contributed by atoms with E-state index in [0.717, 1.165) is 5.56 Å². The van der Waals surface area contributed by atoms with Crippen molar-refractivity contribution in [1.29, 1.82) is 0 Å². The van der Waals surface area contributed by atoms with Crippen molar-refractivity contribution in [2.45, 2.75) is 29.8 Å². The zero-order chi connectivity index (χ0) is 13.8. The smallest absolute Gasteiger partial charge is 0.234 e. The Morgan fingerprint density at radius 3 is 2.47 bits per heavy atom. The molecule has 0 bridgehead atoms. The third-order valence-corrected chi connectivity index (χ3v) is 5.61. The van der Waals surface area contributed by atoms with Crippen LogP contribution >= 0.6 is 22.6 Å². The number of rotatable bonds is 0. The molecule has 4 heteroatoms. The van der Waals surface area contributed by atoms with E-state index in [0.29, 0.717) is 23.3 Å². The first-order valence-corrected chi connectivity index (χ1v) is 7.41. The van der Waals surface area contributed by atoms with Crippen molar-refractivity contribution in [3.63, 3.8) is 0 Å². The van der Waals surface area contributed by atoms with Gasteiger partial charge in [0.1, 0.15) is 11.4 Å². The highest BCUT2D eigenvalue weighted by Crippen LogP contribution is 2.43. The van der Waals surface area contributed by atoms with E-state index in [9.17, 15) is 9.59 Å². The average molecular weight is 368 g/mol. The Bertz CT molecular complexity index is 628. The predicted octanol–water partition coefficient (Wildman–Crippen LogP) is 3.17. The van der Waals surface area contributed by atoms with Crippen LogP contribution in [-0.4, -0.2) is 21.1 Å². The zero-order valence-corrected chi connectivity index (χ0v) is 12.9. The standard InChI is InChI=1S/C15H13IO3/c1-15(2)11(16)7-10-13(18)12(17)8-5-3-4-6-9(8)14(10)19-15/h3-6,11H,7H2,1-2H3. The van der Waals surface area contributed by atoms with Gasteiger partial charge < -0.3 is 4.74 Å². The molecule has 0 fully saturated rings. The first kappa shape index (κ1) is 12.8. The monoisotopic (exact) mass is 368 g/mol. The largest absolute Gasteiger partial charge is 0.486 e. The van der Waals surface area contributed by atoms with Crippen LogP contribution in [0.25, 0.3) is 5.76 Å². The maximum Gasteiger partial charge on any atom is 0.234 e. The summed E-state index contributed by atoms with van der Waals surface area (Å²) in [7, 11) is 0. The molecule has 3 nitrogen and oxygen atoms in total. The number of hydrogen-bond donors (Lipinski definition) is 0. The van der Waals surface area contributed by atoms with Gasteiger partial charge >= 0.3 is 0 Å². The van der Waals surface area contributed by atoms with Crippen molar-refractivity contribution in [3.05, 3.63) is 41.0 Å². The minimum absolute atomic E-state index is 0.172. The molecule has 0 aromatic heterocycles. The lowest BCUT2D eigenvalue weighted by atomic mass is 9.82. The lowest BCUT2D eigenvalue weighted by molar-refractivity contribution is -0.112. The number of Topliss-reactive ketones (excluding diaryl/α,β-unsaturated/α-hetero) is 2. The van der Waals surface area contributed by atoms with E-state index in [1.54, 1.807) is 12.1 Å². The fourth-order valence-electron chi connectivity index (χ4n) is 2.46. The molecule has 0 saturated carbocycles. The lowest BCUT2D eigenvalue weighted by Gasteiger charge is -2.39. The number of allylic oxidation sites excluding steroid dienone is 1. The molecule has 0 spiro atoms. The first-order chi connectivity index (χ1) is 8.92. The zero-order valence-electron chi connectivity index (χ0n) is 10.7. The van der Waals surface area contributed by atoms with E-state index in [1.165, 1.54) is 0 Å². The van der Waals surface area contributed by atoms with Crippen molar-refractivity contribution >= 4 is 39.9 Å². The second-order valence-electron chi connectivity index (χ2n) is 5.39. The highest BCUT2D eigenvalue weighted by Gasteiger charge is 2.43. The summed E-state index contributed by atoms with van der Waals surface area (Å²) in [5.74, 6) is -0.231. The van der Waals surface area contributed by atoms with Crippen molar-refractivity contribution in [2.24, 2.45) is 0 Å². The quantitative estimate of drug-likeness (QED) is 0.402. The fourth-order valence-corrected chi connectivity index (χ4v) is 3.03. The van der Waals surface area contributed by atoms with E-state index in [1.807, 2.05) is 26.0 Å². The lowest BCUT2D eigenvalue weighted by Crippen LogP contribution is -2.42. The molecule has 0 amide bonds. The summed E-state index contributed by atoms with van der Waals surface area (Å²) in [5.41, 5.74) is 1.39. The van der Waals surface area contributed by atoms with Gasteiger partial charge in [-0.3, -0.25) is 9.59 Å². The van der Waals surface area contributed by atoms with E-state index >= 15 is 0 Å². The van der Waals surface area contributed by atoms with E-state index < -0.39 is 11.6 Å². The van der Waals surface area contributed by atoms with Crippen LogP contribution in [0.1, 0.15) is 36.2 Å². The van der Waals surface area contributed by atoms with Gasteiger partial charge in [-0.2, -0.15) is 0 Å². The molecule has 0 N–H and O–H groups in total. The molecule has 1 unspecified atom stereocenters. The summed E-state index contributed by atoms with van der Waals surface area (Å²) in [4.78, 5) is 24.3. The Balaban J connectivity index is 2.23. The highest BCUT2D eigenvalue weighted by molar-refractivity contribution is 14.1. The molecule has 3 rings (SSSR count). The molecule has 1 aromatic rings. The molecule has 1 aromatic carbocycles. The van der Waals surface area contributed by atoms with Gasteiger partial charge in [0.2, 0.25) is 11.6 Å². The van der Waals surface area contributed by atoms with Crippen LogP contribution < -0.4 is 0 Å². The Morgan fingerprint density at radius 2 is 1.79 bits per heavy atom. The fraction of sp³-hybridized carbons (Fsp3) is 0.333. The van der Waals surface area contributed by atoms with Gasteiger partial charge in [0.05, 0.1) is 3.92 Å².